The summed E-state index contributed by atoms with van der Waals surface area (Å²) < 4.78 is 26.6. The van der Waals surface area contributed by atoms with Crippen molar-refractivity contribution in [3.05, 3.63) is 70.3 Å². The van der Waals surface area contributed by atoms with Crippen LogP contribution in [-0.2, 0) is 16.6 Å². The first kappa shape index (κ1) is 14.2. The van der Waals surface area contributed by atoms with Crippen molar-refractivity contribution in [3.8, 4) is 0 Å². The van der Waals surface area contributed by atoms with Gasteiger partial charge in [0.2, 0.25) is 10.0 Å². The first-order chi connectivity index (χ1) is 9.50. The van der Waals surface area contributed by atoms with Gasteiger partial charge in [-0.1, -0.05) is 42.5 Å². The minimum atomic E-state index is -3.93. The van der Waals surface area contributed by atoms with Crippen LogP contribution in [0.5, 0.6) is 0 Å². The molecule has 1 N–H and O–H groups in total. The quantitative estimate of drug-likeness (QED) is 0.675. The zero-order chi connectivity index (χ0) is 14.6. The number of benzene rings is 2. The SMILES string of the molecule is O=[N+]([O-])c1ccccc1S(=O)(=O)NCc1ccccc1. The van der Waals surface area contributed by atoms with Gasteiger partial charge in [-0.15, -0.1) is 0 Å². The molecule has 0 aliphatic carbocycles. The number of rotatable bonds is 5. The molecule has 0 atom stereocenters. The van der Waals surface area contributed by atoms with Crippen LogP contribution in [0.15, 0.2) is 59.5 Å². The fraction of sp³-hybridized carbons (Fsp3) is 0.0769. The first-order valence-corrected chi connectivity index (χ1v) is 7.26. The lowest BCUT2D eigenvalue weighted by molar-refractivity contribution is -0.387. The van der Waals surface area contributed by atoms with E-state index in [1.165, 1.54) is 18.2 Å². The predicted molar refractivity (Wildman–Crippen MR) is 73.6 cm³/mol. The predicted octanol–water partition coefficient (Wildman–Crippen LogP) is 2.07. The fourth-order valence-electron chi connectivity index (χ4n) is 1.69. The summed E-state index contributed by atoms with van der Waals surface area (Å²) in [5.41, 5.74) is 0.336. The summed E-state index contributed by atoms with van der Waals surface area (Å²) in [6.45, 7) is 0.0786. The van der Waals surface area contributed by atoms with Crippen molar-refractivity contribution in [2.24, 2.45) is 0 Å². The molecule has 0 saturated carbocycles. The van der Waals surface area contributed by atoms with Crippen molar-refractivity contribution in [3.63, 3.8) is 0 Å². The van der Waals surface area contributed by atoms with Crippen LogP contribution in [0, 0.1) is 10.1 Å². The molecular weight excluding hydrogens is 280 g/mol. The number of nitrogens with one attached hydrogen (secondary N) is 1. The summed E-state index contributed by atoms with van der Waals surface area (Å²) in [6.07, 6.45) is 0. The molecule has 20 heavy (non-hydrogen) atoms. The van der Waals surface area contributed by atoms with E-state index in [0.29, 0.717) is 0 Å². The summed E-state index contributed by atoms with van der Waals surface area (Å²) in [5, 5.41) is 10.9. The molecule has 7 heteroatoms. The van der Waals surface area contributed by atoms with Crippen molar-refractivity contribution >= 4 is 15.7 Å². The summed E-state index contributed by atoms with van der Waals surface area (Å²) in [4.78, 5) is 9.81. The average molecular weight is 292 g/mol. The van der Waals surface area contributed by atoms with Crippen LogP contribution in [0.3, 0.4) is 0 Å². The lowest BCUT2D eigenvalue weighted by Crippen LogP contribution is -2.24. The highest BCUT2D eigenvalue weighted by Crippen LogP contribution is 2.22. The van der Waals surface area contributed by atoms with Crippen LogP contribution >= 0.6 is 0 Å². The van der Waals surface area contributed by atoms with Gasteiger partial charge in [-0.25, -0.2) is 13.1 Å². The summed E-state index contributed by atoms with van der Waals surface area (Å²) in [6, 6.07) is 14.2. The highest BCUT2D eigenvalue weighted by molar-refractivity contribution is 7.89. The van der Waals surface area contributed by atoms with Gasteiger partial charge < -0.3 is 0 Å². The molecule has 2 aromatic carbocycles. The fourth-order valence-corrected chi connectivity index (χ4v) is 2.88. The van der Waals surface area contributed by atoms with Crippen LogP contribution in [0.4, 0.5) is 5.69 Å². The number of nitro benzene ring substituents is 1. The molecule has 0 spiro atoms. The maximum atomic E-state index is 12.1. The van der Waals surface area contributed by atoms with Crippen LogP contribution in [0.25, 0.3) is 0 Å². The minimum Gasteiger partial charge on any atom is -0.258 e. The Bertz CT molecular complexity index is 714. The van der Waals surface area contributed by atoms with Gasteiger partial charge in [-0.05, 0) is 11.6 Å². The lowest BCUT2D eigenvalue weighted by Gasteiger charge is -2.07. The molecule has 6 nitrogen and oxygen atoms in total. The third-order valence-corrected chi connectivity index (χ3v) is 4.11. The molecule has 0 fully saturated rings. The second-order valence-corrected chi connectivity index (χ2v) is 5.77. The van der Waals surface area contributed by atoms with Gasteiger partial charge in [0.1, 0.15) is 0 Å². The van der Waals surface area contributed by atoms with Gasteiger partial charge in [-0.2, -0.15) is 0 Å². The second-order valence-electron chi connectivity index (χ2n) is 4.03. The highest BCUT2D eigenvalue weighted by atomic mass is 32.2. The van der Waals surface area contributed by atoms with E-state index in [0.717, 1.165) is 11.6 Å². The van der Waals surface area contributed by atoms with Crippen LogP contribution in [-0.4, -0.2) is 13.3 Å². The Balaban J connectivity index is 2.25. The molecule has 2 aromatic rings. The van der Waals surface area contributed by atoms with Gasteiger partial charge in [0.15, 0.2) is 4.90 Å². The van der Waals surface area contributed by atoms with Crippen molar-refractivity contribution in [1.82, 2.24) is 4.72 Å². The highest BCUT2D eigenvalue weighted by Gasteiger charge is 2.24. The molecule has 0 radical (unpaired) electrons. The zero-order valence-electron chi connectivity index (χ0n) is 10.4. The third-order valence-electron chi connectivity index (χ3n) is 2.66. The van der Waals surface area contributed by atoms with Crippen LogP contribution in [0.1, 0.15) is 5.56 Å². The Hall–Kier alpha value is -2.25. The topological polar surface area (TPSA) is 89.3 Å². The zero-order valence-corrected chi connectivity index (χ0v) is 11.2. The van der Waals surface area contributed by atoms with Gasteiger partial charge in [0, 0.05) is 12.6 Å². The van der Waals surface area contributed by atoms with Gasteiger partial charge >= 0.3 is 0 Å². The molecule has 0 bridgehead atoms. The third kappa shape index (κ3) is 3.19. The lowest BCUT2D eigenvalue weighted by atomic mass is 10.2. The molecular formula is C13H12N2O4S. The van der Waals surface area contributed by atoms with E-state index in [-0.39, 0.29) is 11.4 Å². The molecule has 0 saturated heterocycles. The van der Waals surface area contributed by atoms with Gasteiger partial charge in [-0.3, -0.25) is 10.1 Å². The molecule has 2 rings (SSSR count). The largest absolute Gasteiger partial charge is 0.289 e. The average Bonchev–Trinajstić information content (AvgIpc) is 2.46. The van der Waals surface area contributed by atoms with Crippen molar-refractivity contribution in [2.75, 3.05) is 0 Å². The molecule has 0 aliphatic heterocycles. The molecule has 104 valence electrons. The van der Waals surface area contributed by atoms with E-state index >= 15 is 0 Å². The van der Waals surface area contributed by atoms with Crippen LogP contribution in [0.2, 0.25) is 0 Å². The van der Waals surface area contributed by atoms with E-state index in [4.69, 9.17) is 0 Å². The number of nitrogens with zero attached hydrogens (tertiary/aromatic N) is 1. The van der Waals surface area contributed by atoms with E-state index in [9.17, 15) is 18.5 Å². The molecule has 0 aromatic heterocycles. The van der Waals surface area contributed by atoms with E-state index in [1.54, 1.807) is 24.3 Å². The van der Waals surface area contributed by atoms with Gasteiger partial charge in [0.05, 0.1) is 4.92 Å². The maximum absolute atomic E-state index is 12.1. The van der Waals surface area contributed by atoms with Crippen molar-refractivity contribution in [1.29, 1.82) is 0 Å². The van der Waals surface area contributed by atoms with E-state index in [2.05, 4.69) is 4.72 Å². The summed E-state index contributed by atoms with van der Waals surface area (Å²) >= 11 is 0. The Labute approximate surface area is 116 Å². The minimum absolute atomic E-state index is 0.0786. The first-order valence-electron chi connectivity index (χ1n) is 5.78. The van der Waals surface area contributed by atoms with E-state index < -0.39 is 20.6 Å². The summed E-state index contributed by atoms with van der Waals surface area (Å²) in [5.74, 6) is 0. The number of nitro groups is 1. The van der Waals surface area contributed by atoms with E-state index in [1.807, 2.05) is 6.07 Å². The number of hydrogen-bond donors (Lipinski definition) is 1. The molecule has 0 amide bonds. The Morgan fingerprint density at radius 2 is 1.60 bits per heavy atom. The standard InChI is InChI=1S/C13H12N2O4S/c16-15(17)12-8-4-5-9-13(12)20(18,19)14-10-11-6-2-1-3-7-11/h1-9,14H,10H2. The second kappa shape index (κ2) is 5.81. The number of hydrogen-bond acceptors (Lipinski definition) is 4. The normalized spacial score (nSPS) is 11.2. The Morgan fingerprint density at radius 3 is 2.25 bits per heavy atom. The smallest absolute Gasteiger partial charge is 0.258 e. The Morgan fingerprint density at radius 1 is 1.00 bits per heavy atom. The van der Waals surface area contributed by atoms with Gasteiger partial charge in [0.25, 0.3) is 5.69 Å². The number of para-hydroxylation sites is 1. The molecule has 0 heterocycles. The molecule has 0 aliphatic rings. The monoisotopic (exact) mass is 292 g/mol. The molecule has 0 unspecified atom stereocenters. The Kier molecular flexibility index (Phi) is 4.11. The summed E-state index contributed by atoms with van der Waals surface area (Å²) in [7, 11) is -3.93. The maximum Gasteiger partial charge on any atom is 0.289 e. The number of sulfonamides is 1. The van der Waals surface area contributed by atoms with Crippen LogP contribution < -0.4 is 4.72 Å². The van der Waals surface area contributed by atoms with Crippen molar-refractivity contribution in [2.45, 2.75) is 11.4 Å². The van der Waals surface area contributed by atoms with Crippen molar-refractivity contribution < 1.29 is 13.3 Å².